The molecule has 1 saturated carbocycles. The third-order valence-electron chi connectivity index (χ3n) is 6.78. The third-order valence-corrected chi connectivity index (χ3v) is 6.78. The molecule has 188 valence electrons. The van der Waals surface area contributed by atoms with Gasteiger partial charge in [0.2, 0.25) is 0 Å². The first-order chi connectivity index (χ1) is 17.4. The molecule has 2 aromatic carbocycles. The molecule has 6 nitrogen and oxygen atoms in total. The van der Waals surface area contributed by atoms with E-state index in [1.165, 1.54) is 18.0 Å². The number of benzene rings is 2. The van der Waals surface area contributed by atoms with Crippen molar-refractivity contribution < 1.29 is 19.1 Å². The minimum absolute atomic E-state index is 0.0562. The van der Waals surface area contributed by atoms with Gasteiger partial charge in [0.15, 0.2) is 11.6 Å². The summed E-state index contributed by atoms with van der Waals surface area (Å²) < 4.78 is 11.1. The smallest absolute Gasteiger partial charge is 0.314 e. The Morgan fingerprint density at radius 1 is 0.833 bits per heavy atom. The van der Waals surface area contributed by atoms with Gasteiger partial charge in [0, 0.05) is 5.56 Å². The fourth-order valence-corrected chi connectivity index (χ4v) is 4.60. The van der Waals surface area contributed by atoms with Gasteiger partial charge in [-0.05, 0) is 57.1 Å². The number of carbonyl (C=O) groups excluding carboxylic acids is 2. The lowest BCUT2D eigenvalue weighted by Gasteiger charge is -2.26. The van der Waals surface area contributed by atoms with Crippen LogP contribution in [0, 0.1) is 18.8 Å². The van der Waals surface area contributed by atoms with E-state index < -0.39 is 0 Å². The van der Waals surface area contributed by atoms with Crippen LogP contribution >= 0.6 is 0 Å². The first-order valence-electron chi connectivity index (χ1n) is 12.8. The second kappa shape index (κ2) is 11.9. The van der Waals surface area contributed by atoms with E-state index in [1.54, 1.807) is 0 Å². The largest absolute Gasteiger partial charge is 0.462 e. The van der Waals surface area contributed by atoms with E-state index in [4.69, 9.17) is 9.47 Å². The number of carbonyl (C=O) groups is 2. The number of esters is 2. The van der Waals surface area contributed by atoms with Gasteiger partial charge in [0.25, 0.3) is 0 Å². The molecule has 36 heavy (non-hydrogen) atoms. The fraction of sp³-hybridized carbons (Fsp3) is 0.400. The molecule has 1 heterocycles. The Labute approximate surface area is 213 Å². The summed E-state index contributed by atoms with van der Waals surface area (Å²) in [6.07, 6.45) is 7.39. The SMILES string of the molecule is CCCC(C)OC(=O)C1CCC(C(=O)Oc2cnc(-c3ccc(-c4ccc(C)cc4)cc3)nc2)CC1. The Hall–Kier alpha value is -3.54. The highest BCUT2D eigenvalue weighted by molar-refractivity contribution is 5.77. The monoisotopic (exact) mass is 486 g/mol. The van der Waals surface area contributed by atoms with Crippen LogP contribution in [0.5, 0.6) is 5.75 Å². The molecule has 1 atom stereocenters. The molecular weight excluding hydrogens is 452 g/mol. The van der Waals surface area contributed by atoms with Crippen molar-refractivity contribution in [2.24, 2.45) is 11.8 Å². The first-order valence-corrected chi connectivity index (χ1v) is 12.8. The molecule has 1 aliphatic carbocycles. The first kappa shape index (κ1) is 25.5. The third kappa shape index (κ3) is 6.56. The number of aromatic nitrogens is 2. The standard InChI is InChI=1S/C30H34N2O4/c1-4-5-21(3)35-29(33)25-14-16-26(17-15-25)30(34)36-27-18-31-28(32-19-27)24-12-10-23(11-13-24)22-8-6-20(2)7-9-22/h6-13,18-19,21,25-26H,4-5,14-17H2,1-3H3. The summed E-state index contributed by atoms with van der Waals surface area (Å²) in [6.45, 7) is 6.08. The highest BCUT2D eigenvalue weighted by atomic mass is 16.5. The van der Waals surface area contributed by atoms with Crippen LogP contribution < -0.4 is 4.74 Å². The lowest BCUT2D eigenvalue weighted by atomic mass is 9.82. The molecule has 0 bridgehead atoms. The zero-order chi connectivity index (χ0) is 25.5. The van der Waals surface area contributed by atoms with Gasteiger partial charge in [0.1, 0.15) is 0 Å². The number of aryl methyl sites for hydroxylation is 1. The van der Waals surface area contributed by atoms with Crippen molar-refractivity contribution in [2.75, 3.05) is 0 Å². The minimum Gasteiger partial charge on any atom is -0.462 e. The van der Waals surface area contributed by atoms with Gasteiger partial charge in [-0.3, -0.25) is 9.59 Å². The fourth-order valence-electron chi connectivity index (χ4n) is 4.60. The summed E-state index contributed by atoms with van der Waals surface area (Å²) in [5.41, 5.74) is 4.41. The van der Waals surface area contributed by atoms with E-state index in [0.717, 1.165) is 29.5 Å². The Morgan fingerprint density at radius 3 is 1.89 bits per heavy atom. The lowest BCUT2D eigenvalue weighted by Crippen LogP contribution is -2.30. The molecule has 0 N–H and O–H groups in total. The summed E-state index contributed by atoms with van der Waals surface area (Å²) >= 11 is 0. The van der Waals surface area contributed by atoms with Crippen molar-refractivity contribution in [3.63, 3.8) is 0 Å². The molecule has 0 saturated heterocycles. The Morgan fingerprint density at radius 2 is 1.33 bits per heavy atom. The normalized spacial score (nSPS) is 18.3. The predicted molar refractivity (Wildman–Crippen MR) is 139 cm³/mol. The highest BCUT2D eigenvalue weighted by Gasteiger charge is 2.32. The van der Waals surface area contributed by atoms with Crippen molar-refractivity contribution >= 4 is 11.9 Å². The van der Waals surface area contributed by atoms with Gasteiger partial charge in [-0.2, -0.15) is 0 Å². The molecule has 0 aliphatic heterocycles. The maximum atomic E-state index is 12.7. The number of hydrogen-bond acceptors (Lipinski definition) is 6. The van der Waals surface area contributed by atoms with E-state index in [9.17, 15) is 9.59 Å². The molecule has 0 spiro atoms. The minimum atomic E-state index is -0.292. The zero-order valence-corrected chi connectivity index (χ0v) is 21.3. The molecule has 4 rings (SSSR count). The molecule has 0 amide bonds. The van der Waals surface area contributed by atoms with E-state index in [2.05, 4.69) is 48.1 Å². The van der Waals surface area contributed by atoms with Gasteiger partial charge >= 0.3 is 11.9 Å². The van der Waals surface area contributed by atoms with Crippen molar-refractivity contribution in [1.29, 1.82) is 0 Å². The van der Waals surface area contributed by atoms with Crippen LogP contribution in [0.1, 0.15) is 57.9 Å². The van der Waals surface area contributed by atoms with Crippen LogP contribution in [0.25, 0.3) is 22.5 Å². The van der Waals surface area contributed by atoms with Crippen LogP contribution in [0.2, 0.25) is 0 Å². The Bertz CT molecular complexity index is 1150. The van der Waals surface area contributed by atoms with E-state index in [-0.39, 0.29) is 29.9 Å². The number of ether oxygens (including phenoxy) is 2. The molecular formula is C30H34N2O4. The molecule has 1 aliphatic rings. The molecule has 6 heteroatoms. The van der Waals surface area contributed by atoms with Crippen molar-refractivity contribution in [2.45, 2.75) is 65.4 Å². The number of rotatable bonds is 8. The van der Waals surface area contributed by atoms with Crippen LogP contribution in [0.3, 0.4) is 0 Å². The maximum absolute atomic E-state index is 12.7. The Balaban J connectivity index is 1.28. The van der Waals surface area contributed by atoms with E-state index in [0.29, 0.717) is 37.3 Å². The van der Waals surface area contributed by atoms with Crippen LogP contribution in [-0.4, -0.2) is 28.0 Å². The molecule has 1 unspecified atom stereocenters. The van der Waals surface area contributed by atoms with Gasteiger partial charge in [0.05, 0.1) is 30.3 Å². The summed E-state index contributed by atoms with van der Waals surface area (Å²) in [7, 11) is 0. The van der Waals surface area contributed by atoms with Gasteiger partial charge in [-0.15, -0.1) is 0 Å². The van der Waals surface area contributed by atoms with Crippen LogP contribution in [0.15, 0.2) is 60.9 Å². The summed E-state index contributed by atoms with van der Waals surface area (Å²) in [6, 6.07) is 16.5. The molecule has 3 aromatic rings. The number of hydrogen-bond donors (Lipinski definition) is 0. The van der Waals surface area contributed by atoms with Crippen LogP contribution in [-0.2, 0) is 14.3 Å². The van der Waals surface area contributed by atoms with E-state index in [1.807, 2.05) is 31.2 Å². The van der Waals surface area contributed by atoms with E-state index >= 15 is 0 Å². The average Bonchev–Trinajstić information content (AvgIpc) is 2.90. The number of nitrogens with zero attached hydrogens (tertiary/aromatic N) is 2. The quantitative estimate of drug-likeness (QED) is 0.335. The van der Waals surface area contributed by atoms with Gasteiger partial charge in [-0.25, -0.2) is 9.97 Å². The highest BCUT2D eigenvalue weighted by Crippen LogP contribution is 2.31. The molecule has 1 fully saturated rings. The van der Waals surface area contributed by atoms with Gasteiger partial charge < -0.3 is 9.47 Å². The van der Waals surface area contributed by atoms with Gasteiger partial charge in [-0.1, -0.05) is 67.4 Å². The maximum Gasteiger partial charge on any atom is 0.314 e. The molecule has 0 radical (unpaired) electrons. The summed E-state index contributed by atoms with van der Waals surface area (Å²) in [5, 5.41) is 0. The summed E-state index contributed by atoms with van der Waals surface area (Å²) in [5.74, 6) is 0.111. The zero-order valence-electron chi connectivity index (χ0n) is 21.3. The Kier molecular flexibility index (Phi) is 8.47. The molecule has 1 aromatic heterocycles. The van der Waals surface area contributed by atoms with Crippen molar-refractivity contribution in [3.8, 4) is 28.3 Å². The predicted octanol–water partition coefficient (Wildman–Crippen LogP) is 6.56. The van der Waals surface area contributed by atoms with Crippen molar-refractivity contribution in [3.05, 3.63) is 66.5 Å². The second-order valence-electron chi connectivity index (χ2n) is 9.69. The van der Waals surface area contributed by atoms with Crippen molar-refractivity contribution in [1.82, 2.24) is 9.97 Å². The van der Waals surface area contributed by atoms with Crippen LogP contribution in [0.4, 0.5) is 0 Å². The second-order valence-corrected chi connectivity index (χ2v) is 9.69. The lowest BCUT2D eigenvalue weighted by molar-refractivity contribution is -0.156. The summed E-state index contributed by atoms with van der Waals surface area (Å²) in [4.78, 5) is 33.8. The topological polar surface area (TPSA) is 78.4 Å². The average molecular weight is 487 g/mol.